The zero-order chi connectivity index (χ0) is 22.5. The zero-order valence-corrected chi connectivity index (χ0v) is 17.4. The number of aliphatic hydroxyl groups excluding tert-OH is 2. The monoisotopic (exact) mass is 456 g/mol. The second kappa shape index (κ2) is 10.2. The van der Waals surface area contributed by atoms with Crippen molar-refractivity contribution in [1.29, 1.82) is 0 Å². The Morgan fingerprint density at radius 1 is 1.35 bits per heavy atom. The van der Waals surface area contributed by atoms with Gasteiger partial charge in [0.15, 0.2) is 17.7 Å². The van der Waals surface area contributed by atoms with Gasteiger partial charge in [-0.05, 0) is 12.2 Å². The smallest absolute Gasteiger partial charge is 0.326 e. The van der Waals surface area contributed by atoms with Gasteiger partial charge in [-0.15, -0.1) is 0 Å². The van der Waals surface area contributed by atoms with Crippen molar-refractivity contribution in [2.45, 2.75) is 37.0 Å². The van der Waals surface area contributed by atoms with Gasteiger partial charge in [-0.25, -0.2) is 19.7 Å². The number of hydrogen-bond donors (Lipinski definition) is 5. The van der Waals surface area contributed by atoms with Crippen LogP contribution in [0.4, 0.5) is 5.82 Å². The van der Waals surface area contributed by atoms with Crippen molar-refractivity contribution in [2.75, 3.05) is 31.0 Å². The minimum absolute atomic E-state index is 0.173. The standard InChI is InChI=1S/C17H24N6O7S/c1-29-4-10(24)22-8(17(27)28)2-3-31-5-9-12(25)13(26)16(30-9)23-7-21-11-14(18)19-6-20-15(11)23/h6-9,12-13,16,25-26H,2-5H2,1H3,(H,22,24)(H,27,28)(H2,18,19,20)/t8-,9+,12+,13+,16+/m0/s1. The van der Waals surface area contributed by atoms with Gasteiger partial charge in [0.05, 0.1) is 12.4 Å². The third-order valence-electron chi connectivity index (χ3n) is 4.74. The lowest BCUT2D eigenvalue weighted by atomic mass is 10.1. The van der Waals surface area contributed by atoms with Crippen LogP contribution in [0.3, 0.4) is 0 Å². The summed E-state index contributed by atoms with van der Waals surface area (Å²) in [6.45, 7) is -0.224. The number of amides is 1. The Hall–Kier alpha value is -2.52. The highest BCUT2D eigenvalue weighted by Crippen LogP contribution is 2.33. The van der Waals surface area contributed by atoms with Gasteiger partial charge in [0.1, 0.15) is 36.7 Å². The average Bonchev–Trinajstić information content (AvgIpc) is 3.27. The van der Waals surface area contributed by atoms with Crippen LogP contribution in [0.5, 0.6) is 0 Å². The summed E-state index contributed by atoms with van der Waals surface area (Å²) in [5, 5.41) is 32.4. The largest absolute Gasteiger partial charge is 0.480 e. The van der Waals surface area contributed by atoms with Crippen LogP contribution < -0.4 is 11.1 Å². The maximum atomic E-state index is 11.5. The Balaban J connectivity index is 1.55. The van der Waals surface area contributed by atoms with Crippen LogP contribution in [-0.4, -0.2) is 96.3 Å². The molecule has 0 spiro atoms. The molecule has 3 rings (SSSR count). The van der Waals surface area contributed by atoms with Crippen LogP contribution in [0.2, 0.25) is 0 Å². The lowest BCUT2D eigenvalue weighted by Crippen LogP contribution is -2.42. The fourth-order valence-electron chi connectivity index (χ4n) is 3.18. The number of carboxylic acid groups (broad SMARTS) is 1. The highest BCUT2D eigenvalue weighted by Gasteiger charge is 2.44. The molecule has 1 amide bonds. The molecule has 1 saturated heterocycles. The first-order valence-corrected chi connectivity index (χ1v) is 10.5. The Morgan fingerprint density at radius 2 is 2.13 bits per heavy atom. The number of carbonyl (C=O) groups is 2. The number of nitrogens with zero attached hydrogens (tertiary/aromatic N) is 4. The second-order valence-electron chi connectivity index (χ2n) is 6.88. The summed E-state index contributed by atoms with van der Waals surface area (Å²) in [6, 6.07) is -1.05. The van der Waals surface area contributed by atoms with E-state index < -0.39 is 42.5 Å². The number of rotatable bonds is 10. The number of nitrogens with one attached hydrogen (secondary N) is 1. The molecule has 3 heterocycles. The van der Waals surface area contributed by atoms with Gasteiger partial charge in [-0.2, -0.15) is 11.8 Å². The summed E-state index contributed by atoms with van der Waals surface area (Å²) < 4.78 is 12.0. The first-order chi connectivity index (χ1) is 14.8. The van der Waals surface area contributed by atoms with E-state index >= 15 is 0 Å². The summed E-state index contributed by atoms with van der Waals surface area (Å²) in [5.41, 5.74) is 6.50. The predicted octanol–water partition coefficient (Wildman–Crippen LogP) is -1.63. The Morgan fingerprint density at radius 3 is 2.84 bits per heavy atom. The van der Waals surface area contributed by atoms with E-state index in [1.165, 1.54) is 36.1 Å². The summed E-state index contributed by atoms with van der Waals surface area (Å²) in [7, 11) is 1.34. The molecular formula is C17H24N6O7S. The predicted molar refractivity (Wildman–Crippen MR) is 109 cm³/mol. The number of aliphatic carboxylic acids is 1. The molecule has 1 aliphatic heterocycles. The third-order valence-corrected chi connectivity index (χ3v) is 5.83. The molecule has 2 aromatic rings. The Kier molecular flexibility index (Phi) is 7.61. The number of methoxy groups -OCH3 is 1. The maximum Gasteiger partial charge on any atom is 0.326 e. The van der Waals surface area contributed by atoms with E-state index in [2.05, 4.69) is 25.0 Å². The molecule has 13 nitrogen and oxygen atoms in total. The van der Waals surface area contributed by atoms with Crippen molar-refractivity contribution in [3.8, 4) is 0 Å². The Labute approximate surface area is 181 Å². The quantitative estimate of drug-likeness (QED) is 0.256. The lowest BCUT2D eigenvalue weighted by molar-refractivity contribution is -0.142. The minimum Gasteiger partial charge on any atom is -0.480 e. The summed E-state index contributed by atoms with van der Waals surface area (Å²) >= 11 is 1.34. The van der Waals surface area contributed by atoms with Gasteiger partial charge in [0.2, 0.25) is 5.91 Å². The molecule has 0 radical (unpaired) electrons. The molecule has 0 saturated carbocycles. The molecule has 0 aromatic carbocycles. The van der Waals surface area contributed by atoms with Crippen molar-refractivity contribution < 1.29 is 34.4 Å². The van der Waals surface area contributed by atoms with Crippen molar-refractivity contribution in [3.63, 3.8) is 0 Å². The highest BCUT2D eigenvalue weighted by molar-refractivity contribution is 7.99. The number of fused-ring (bicyclic) bond motifs is 1. The molecule has 170 valence electrons. The molecule has 0 unspecified atom stereocenters. The van der Waals surface area contributed by atoms with Crippen LogP contribution in [0.15, 0.2) is 12.7 Å². The van der Waals surface area contributed by atoms with E-state index in [4.69, 9.17) is 10.5 Å². The third kappa shape index (κ3) is 5.22. The van der Waals surface area contributed by atoms with E-state index in [0.29, 0.717) is 22.7 Å². The molecule has 1 fully saturated rings. The van der Waals surface area contributed by atoms with Gasteiger partial charge < -0.3 is 35.8 Å². The maximum absolute atomic E-state index is 11.5. The van der Waals surface area contributed by atoms with Crippen molar-refractivity contribution in [2.24, 2.45) is 0 Å². The molecule has 6 N–H and O–H groups in total. The van der Waals surface area contributed by atoms with Crippen LogP contribution >= 0.6 is 11.8 Å². The van der Waals surface area contributed by atoms with E-state index in [1.807, 2.05) is 0 Å². The molecular weight excluding hydrogens is 432 g/mol. The molecule has 2 aromatic heterocycles. The van der Waals surface area contributed by atoms with E-state index in [-0.39, 0.29) is 18.8 Å². The summed E-state index contributed by atoms with van der Waals surface area (Å²) in [6.07, 6.45) is -1.15. The van der Waals surface area contributed by atoms with Crippen LogP contribution in [-0.2, 0) is 19.1 Å². The Bertz CT molecular complexity index is 928. The van der Waals surface area contributed by atoms with E-state index in [1.54, 1.807) is 0 Å². The molecule has 31 heavy (non-hydrogen) atoms. The number of aliphatic hydroxyl groups is 2. The van der Waals surface area contributed by atoms with Crippen LogP contribution in [0, 0.1) is 0 Å². The second-order valence-corrected chi connectivity index (χ2v) is 8.03. The van der Waals surface area contributed by atoms with Crippen molar-refractivity contribution in [3.05, 3.63) is 12.7 Å². The van der Waals surface area contributed by atoms with Gasteiger partial charge in [-0.1, -0.05) is 0 Å². The van der Waals surface area contributed by atoms with Gasteiger partial charge in [0, 0.05) is 12.9 Å². The molecule has 0 aliphatic carbocycles. The van der Waals surface area contributed by atoms with Crippen molar-refractivity contribution in [1.82, 2.24) is 24.8 Å². The first kappa shape index (κ1) is 23.1. The fraction of sp³-hybridized carbons (Fsp3) is 0.588. The molecule has 5 atom stereocenters. The number of carboxylic acids is 1. The van der Waals surface area contributed by atoms with Crippen LogP contribution in [0.25, 0.3) is 11.2 Å². The zero-order valence-electron chi connectivity index (χ0n) is 16.6. The van der Waals surface area contributed by atoms with Crippen LogP contribution in [0.1, 0.15) is 12.6 Å². The number of nitrogen functional groups attached to an aromatic ring is 1. The molecule has 1 aliphatic rings. The number of ether oxygens (including phenoxy) is 2. The summed E-state index contributed by atoms with van der Waals surface area (Å²) in [5.74, 6) is -0.788. The molecule has 0 bridgehead atoms. The number of nitrogens with two attached hydrogens (primary N) is 1. The fourth-order valence-corrected chi connectivity index (χ4v) is 4.26. The number of anilines is 1. The number of carbonyl (C=O) groups excluding carboxylic acids is 1. The number of thioether (sulfide) groups is 1. The average molecular weight is 456 g/mol. The van der Waals surface area contributed by atoms with E-state index in [0.717, 1.165) is 0 Å². The molecule has 14 heteroatoms. The van der Waals surface area contributed by atoms with Gasteiger partial charge in [-0.3, -0.25) is 9.36 Å². The minimum atomic E-state index is -1.22. The van der Waals surface area contributed by atoms with Gasteiger partial charge >= 0.3 is 5.97 Å². The SMILES string of the molecule is COCC(=O)N[C@@H](CCSC[C@H]1O[C@@H](n2cnc3c(N)ncnc32)[C@H](O)[C@@H]1O)C(=O)O. The topological polar surface area (TPSA) is 195 Å². The van der Waals surface area contributed by atoms with Gasteiger partial charge in [0.25, 0.3) is 0 Å². The first-order valence-electron chi connectivity index (χ1n) is 9.37. The normalized spacial score (nSPS) is 24.4. The number of aromatic nitrogens is 4. The van der Waals surface area contributed by atoms with Crippen molar-refractivity contribution >= 4 is 40.6 Å². The number of imidazole rings is 1. The number of hydrogen-bond acceptors (Lipinski definition) is 11. The summed E-state index contributed by atoms with van der Waals surface area (Å²) in [4.78, 5) is 34.9. The highest BCUT2D eigenvalue weighted by atomic mass is 32.2. The van der Waals surface area contributed by atoms with E-state index in [9.17, 15) is 24.9 Å². The lowest BCUT2D eigenvalue weighted by Gasteiger charge is -2.17.